The second-order valence-electron chi connectivity index (χ2n) is 6.21. The van der Waals surface area contributed by atoms with Gasteiger partial charge in [0, 0.05) is 29.3 Å². The summed E-state index contributed by atoms with van der Waals surface area (Å²) in [6.45, 7) is 4.19. The highest BCUT2D eigenvalue weighted by molar-refractivity contribution is 5.91. The Bertz CT molecular complexity index is 1280. The van der Waals surface area contributed by atoms with Gasteiger partial charge in [0.2, 0.25) is 5.82 Å². The summed E-state index contributed by atoms with van der Waals surface area (Å²) in [5, 5.41) is 26.4. The molecule has 2 aromatic carbocycles. The van der Waals surface area contributed by atoms with Gasteiger partial charge in [-0.2, -0.15) is 10.2 Å². The first-order valence-electron chi connectivity index (χ1n) is 8.68. The molecule has 8 heteroatoms. The fourth-order valence-corrected chi connectivity index (χ4v) is 3.01. The maximum atomic E-state index is 11.2. The van der Waals surface area contributed by atoms with Crippen molar-refractivity contribution in [3.63, 3.8) is 0 Å². The van der Waals surface area contributed by atoms with E-state index >= 15 is 0 Å². The predicted molar refractivity (Wildman–Crippen MR) is 107 cm³/mol. The molecule has 0 fully saturated rings. The molecule has 4 rings (SSSR count). The number of nitriles is 1. The number of rotatable bonds is 5. The van der Waals surface area contributed by atoms with Crippen molar-refractivity contribution in [2.24, 2.45) is 0 Å². The first kappa shape index (κ1) is 18.0. The second-order valence-corrected chi connectivity index (χ2v) is 6.21. The fourth-order valence-electron chi connectivity index (χ4n) is 3.01. The Hall–Kier alpha value is -4.38. The van der Waals surface area contributed by atoms with Crippen molar-refractivity contribution < 1.29 is 14.4 Å². The molecule has 0 spiro atoms. The number of aromatic nitrogens is 3. The van der Waals surface area contributed by atoms with Crippen molar-refractivity contribution >= 4 is 22.7 Å². The van der Waals surface area contributed by atoms with E-state index in [2.05, 4.69) is 28.1 Å². The van der Waals surface area contributed by atoms with Gasteiger partial charge in [0.15, 0.2) is 0 Å². The number of fused-ring (bicyclic) bond motifs is 1. The van der Waals surface area contributed by atoms with Crippen LogP contribution in [-0.2, 0) is 0 Å². The summed E-state index contributed by atoms with van der Waals surface area (Å²) >= 11 is 0. The number of nitrogens with zero attached hydrogens (tertiary/aromatic N) is 4. The van der Waals surface area contributed by atoms with Crippen LogP contribution in [0.4, 0.5) is 10.5 Å². The fraction of sp³-hybridized carbons (Fsp3) is 0.0476. The summed E-state index contributed by atoms with van der Waals surface area (Å²) in [5.41, 5.74) is 3.05. The third kappa shape index (κ3) is 3.33. The Morgan fingerprint density at radius 2 is 2.10 bits per heavy atom. The van der Waals surface area contributed by atoms with E-state index in [1.807, 2.05) is 0 Å². The third-order valence-corrected chi connectivity index (χ3v) is 4.40. The van der Waals surface area contributed by atoms with Gasteiger partial charge >= 0.3 is 6.09 Å². The second kappa shape index (κ2) is 7.32. The zero-order valence-electron chi connectivity index (χ0n) is 15.2. The molecule has 29 heavy (non-hydrogen) atoms. The molecule has 0 unspecified atom stereocenters. The van der Waals surface area contributed by atoms with Crippen LogP contribution in [0.3, 0.4) is 0 Å². The lowest BCUT2D eigenvalue weighted by Crippen LogP contribution is -2.05. The average molecular weight is 385 g/mol. The van der Waals surface area contributed by atoms with Gasteiger partial charge in [0.05, 0.1) is 16.8 Å². The van der Waals surface area contributed by atoms with Gasteiger partial charge in [-0.05, 0) is 42.5 Å². The van der Waals surface area contributed by atoms with Gasteiger partial charge in [0.25, 0.3) is 5.89 Å². The summed E-state index contributed by atoms with van der Waals surface area (Å²) in [5.74, 6) is 0.660. The summed E-state index contributed by atoms with van der Waals surface area (Å²) < 4.78 is 6.52. The minimum Gasteiger partial charge on any atom is -0.464 e. The van der Waals surface area contributed by atoms with E-state index < -0.39 is 6.09 Å². The molecule has 142 valence electrons. The van der Waals surface area contributed by atoms with Crippen LogP contribution in [0, 0.1) is 11.3 Å². The van der Waals surface area contributed by atoms with Gasteiger partial charge in [-0.15, -0.1) is 6.58 Å². The quantitative estimate of drug-likeness (QED) is 0.490. The lowest BCUT2D eigenvalue weighted by Gasteiger charge is -2.06. The Morgan fingerprint density at radius 3 is 2.86 bits per heavy atom. The van der Waals surface area contributed by atoms with E-state index in [-0.39, 0.29) is 5.89 Å². The SMILES string of the molecule is C=CCNc1ccc(-c2nc(-c3ccc4c(ccn4C(=O)O)c3)no2)cc1C#N. The lowest BCUT2D eigenvalue weighted by atomic mass is 10.1. The van der Waals surface area contributed by atoms with E-state index in [0.29, 0.717) is 40.3 Å². The van der Waals surface area contributed by atoms with Crippen molar-refractivity contribution in [2.75, 3.05) is 11.9 Å². The molecular formula is C21H15N5O3. The number of anilines is 1. The van der Waals surface area contributed by atoms with Crippen LogP contribution in [0.1, 0.15) is 5.56 Å². The van der Waals surface area contributed by atoms with E-state index in [9.17, 15) is 15.2 Å². The maximum Gasteiger partial charge on any atom is 0.415 e. The van der Waals surface area contributed by atoms with Gasteiger partial charge in [-0.25, -0.2) is 4.79 Å². The standard InChI is InChI=1S/C21H15N5O3/c1-2-8-23-17-5-3-15(11-16(17)12-22)20-24-19(25-29-20)14-4-6-18-13(10-14)7-9-26(18)21(27)28/h2-7,9-11,23H,1,8H2,(H,27,28). The average Bonchev–Trinajstić information content (AvgIpc) is 3.39. The number of hydrogen-bond donors (Lipinski definition) is 2. The van der Waals surface area contributed by atoms with Crippen molar-refractivity contribution in [1.82, 2.24) is 14.7 Å². The first-order valence-corrected chi connectivity index (χ1v) is 8.68. The summed E-state index contributed by atoms with van der Waals surface area (Å²) in [7, 11) is 0. The molecule has 0 radical (unpaired) electrons. The molecule has 0 aliphatic heterocycles. The highest BCUT2D eigenvalue weighted by atomic mass is 16.5. The number of carbonyl (C=O) groups is 1. The van der Waals surface area contributed by atoms with Crippen LogP contribution in [0.15, 0.2) is 65.8 Å². The van der Waals surface area contributed by atoms with Gasteiger partial charge in [-0.3, -0.25) is 4.57 Å². The Labute approximate surface area is 165 Å². The van der Waals surface area contributed by atoms with Crippen molar-refractivity contribution in [2.45, 2.75) is 0 Å². The topological polar surface area (TPSA) is 117 Å². The van der Waals surface area contributed by atoms with Gasteiger partial charge in [-0.1, -0.05) is 11.2 Å². The van der Waals surface area contributed by atoms with Gasteiger partial charge in [0.1, 0.15) is 6.07 Å². The Kier molecular flexibility index (Phi) is 4.55. The smallest absolute Gasteiger partial charge is 0.415 e. The van der Waals surface area contributed by atoms with Crippen LogP contribution < -0.4 is 5.32 Å². The number of hydrogen-bond acceptors (Lipinski definition) is 6. The van der Waals surface area contributed by atoms with Crippen molar-refractivity contribution in [3.05, 3.63) is 66.9 Å². The molecule has 0 aliphatic carbocycles. The number of benzene rings is 2. The Morgan fingerprint density at radius 1 is 1.28 bits per heavy atom. The minimum atomic E-state index is -1.05. The van der Waals surface area contributed by atoms with E-state index in [1.54, 1.807) is 48.5 Å². The minimum absolute atomic E-state index is 0.287. The highest BCUT2D eigenvalue weighted by Crippen LogP contribution is 2.28. The van der Waals surface area contributed by atoms with E-state index in [0.717, 1.165) is 9.95 Å². The van der Waals surface area contributed by atoms with E-state index in [4.69, 9.17) is 4.52 Å². The molecule has 4 aromatic rings. The molecule has 2 heterocycles. The molecule has 0 saturated carbocycles. The molecular weight excluding hydrogens is 370 g/mol. The van der Waals surface area contributed by atoms with Crippen molar-refractivity contribution in [3.8, 4) is 28.9 Å². The van der Waals surface area contributed by atoms with Crippen LogP contribution in [0.5, 0.6) is 0 Å². The number of nitrogens with one attached hydrogen (secondary N) is 1. The van der Waals surface area contributed by atoms with Crippen molar-refractivity contribution in [1.29, 1.82) is 5.26 Å². The zero-order valence-corrected chi connectivity index (χ0v) is 15.2. The number of carboxylic acid groups (broad SMARTS) is 1. The molecule has 0 saturated heterocycles. The summed E-state index contributed by atoms with van der Waals surface area (Å²) in [6, 6.07) is 14.3. The lowest BCUT2D eigenvalue weighted by molar-refractivity contribution is 0.197. The molecule has 0 aliphatic rings. The van der Waals surface area contributed by atoms with Crippen LogP contribution in [0.2, 0.25) is 0 Å². The highest BCUT2D eigenvalue weighted by Gasteiger charge is 2.14. The Balaban J connectivity index is 1.66. The predicted octanol–water partition coefficient (Wildman–Crippen LogP) is 4.35. The molecule has 0 bridgehead atoms. The van der Waals surface area contributed by atoms with Crippen LogP contribution in [0.25, 0.3) is 33.7 Å². The molecule has 2 aromatic heterocycles. The molecule has 0 amide bonds. The van der Waals surface area contributed by atoms with Crippen LogP contribution in [-0.4, -0.2) is 32.5 Å². The largest absolute Gasteiger partial charge is 0.464 e. The van der Waals surface area contributed by atoms with Crippen LogP contribution >= 0.6 is 0 Å². The first-order chi connectivity index (χ1) is 14.1. The molecule has 0 atom stereocenters. The summed E-state index contributed by atoms with van der Waals surface area (Å²) in [4.78, 5) is 15.6. The van der Waals surface area contributed by atoms with E-state index in [1.165, 1.54) is 6.20 Å². The normalized spacial score (nSPS) is 10.6. The maximum absolute atomic E-state index is 11.2. The monoisotopic (exact) mass is 385 g/mol. The van der Waals surface area contributed by atoms with Gasteiger partial charge < -0.3 is 14.9 Å². The summed E-state index contributed by atoms with van der Waals surface area (Å²) in [6.07, 6.45) is 2.15. The third-order valence-electron chi connectivity index (χ3n) is 4.40. The molecule has 2 N–H and O–H groups in total. The zero-order chi connectivity index (χ0) is 20.4. The molecule has 8 nitrogen and oxygen atoms in total.